The highest BCUT2D eigenvalue weighted by Crippen LogP contribution is 2.14. The third kappa shape index (κ3) is 9.45. The minimum Gasteiger partial charge on any atom is -0.480 e. The van der Waals surface area contributed by atoms with Crippen molar-refractivity contribution >= 4 is 17.9 Å². The van der Waals surface area contributed by atoms with Crippen LogP contribution in [-0.4, -0.2) is 131 Å². The number of aliphatic carboxylic acids is 3. The summed E-state index contributed by atoms with van der Waals surface area (Å²) < 4.78 is 0. The topological polar surface area (TPSA) is 125 Å². The van der Waals surface area contributed by atoms with Gasteiger partial charge in [0.15, 0.2) is 0 Å². The van der Waals surface area contributed by atoms with Crippen molar-refractivity contribution in [3.63, 3.8) is 0 Å². The Morgan fingerprint density at radius 1 is 0.786 bits per heavy atom. The number of nitrogens with zero attached hydrogens (tertiary/aromatic N) is 4. The molecule has 0 aromatic carbocycles. The molecule has 1 unspecified atom stereocenters. The first-order valence-electron chi connectivity index (χ1n) is 9.61. The number of hydrogen-bond acceptors (Lipinski definition) is 7. The van der Waals surface area contributed by atoms with Crippen molar-refractivity contribution < 1.29 is 29.7 Å². The van der Waals surface area contributed by atoms with Gasteiger partial charge in [0, 0.05) is 51.9 Å². The normalized spacial score (nSPS) is 22.5. The van der Waals surface area contributed by atoms with Crippen LogP contribution in [0, 0.1) is 5.92 Å². The largest absolute Gasteiger partial charge is 0.480 e. The van der Waals surface area contributed by atoms with Gasteiger partial charge in [-0.05, 0) is 13.0 Å². The summed E-state index contributed by atoms with van der Waals surface area (Å²) in [5, 5.41) is 27.7. The van der Waals surface area contributed by atoms with Crippen LogP contribution in [0.1, 0.15) is 13.8 Å². The Bertz CT molecular complexity index is 530. The molecule has 0 spiro atoms. The second-order valence-corrected chi connectivity index (χ2v) is 7.78. The third-order valence-corrected chi connectivity index (χ3v) is 5.04. The van der Waals surface area contributed by atoms with E-state index >= 15 is 0 Å². The summed E-state index contributed by atoms with van der Waals surface area (Å²) in [7, 11) is 1.94. The lowest BCUT2D eigenvalue weighted by Gasteiger charge is -2.39. The van der Waals surface area contributed by atoms with Crippen LogP contribution in [0.5, 0.6) is 0 Å². The molecule has 1 fully saturated rings. The van der Waals surface area contributed by atoms with Gasteiger partial charge in [-0.2, -0.15) is 0 Å². The van der Waals surface area contributed by atoms with Gasteiger partial charge in [-0.1, -0.05) is 13.8 Å². The summed E-state index contributed by atoms with van der Waals surface area (Å²) in [6.45, 7) is 7.33. The molecular weight excluding hydrogens is 368 g/mol. The molecule has 1 heterocycles. The zero-order valence-corrected chi connectivity index (χ0v) is 17.1. The minimum absolute atomic E-state index is 0.0898. The summed E-state index contributed by atoms with van der Waals surface area (Å²) in [5.41, 5.74) is 0. The number of likely N-dealkylation sites (N-methyl/N-ethyl adjacent to an activating group) is 1. The van der Waals surface area contributed by atoms with Crippen molar-refractivity contribution in [2.24, 2.45) is 5.92 Å². The number of hydrogen-bond donors (Lipinski definition) is 3. The Balaban J connectivity index is 3.05. The maximum atomic E-state index is 11.4. The molecule has 0 aliphatic carbocycles. The molecular formula is C18H34N4O6. The first-order chi connectivity index (χ1) is 13.1. The molecule has 0 radical (unpaired) electrons. The Morgan fingerprint density at radius 2 is 1.25 bits per heavy atom. The molecule has 1 rings (SSSR count). The van der Waals surface area contributed by atoms with Crippen molar-refractivity contribution in [1.29, 1.82) is 0 Å². The second-order valence-electron chi connectivity index (χ2n) is 7.78. The summed E-state index contributed by atoms with van der Waals surface area (Å²) in [6, 6.07) is -0.115. The molecule has 10 nitrogen and oxygen atoms in total. The van der Waals surface area contributed by atoms with Gasteiger partial charge in [-0.15, -0.1) is 0 Å². The monoisotopic (exact) mass is 402 g/mol. The standard InChI is InChI=1S/C18H34N4O6/c1-14(2)15-10-21(12-17(25)26)8-7-20(11-16(23)24)6-4-19(3)5-9-22(15)13-18(27)28/h14-15H,4-13H2,1-3H3,(H,23,24)(H,25,26)(H,27,28). The van der Waals surface area contributed by atoms with E-state index < -0.39 is 17.9 Å². The molecule has 3 N–H and O–H groups in total. The molecule has 0 aromatic heterocycles. The molecule has 0 saturated carbocycles. The van der Waals surface area contributed by atoms with E-state index in [9.17, 15) is 24.6 Å². The molecule has 1 aliphatic heterocycles. The van der Waals surface area contributed by atoms with E-state index in [4.69, 9.17) is 5.11 Å². The van der Waals surface area contributed by atoms with Crippen molar-refractivity contribution in [2.75, 3.05) is 72.5 Å². The van der Waals surface area contributed by atoms with Gasteiger partial charge in [0.25, 0.3) is 0 Å². The second kappa shape index (κ2) is 11.9. The fraction of sp³-hybridized carbons (Fsp3) is 0.833. The molecule has 0 bridgehead atoms. The number of carbonyl (C=O) groups is 3. The average molecular weight is 402 g/mol. The SMILES string of the molecule is CC(C)C1CN(CC(=O)O)CCN(CC(=O)O)CCN(C)CCN1CC(=O)O. The zero-order valence-electron chi connectivity index (χ0n) is 17.1. The summed E-state index contributed by atoms with van der Waals surface area (Å²) in [6.07, 6.45) is 0. The minimum atomic E-state index is -0.955. The van der Waals surface area contributed by atoms with E-state index in [1.165, 1.54) is 0 Å². The fourth-order valence-corrected chi connectivity index (χ4v) is 3.44. The van der Waals surface area contributed by atoms with Gasteiger partial charge < -0.3 is 20.2 Å². The van der Waals surface area contributed by atoms with Crippen molar-refractivity contribution in [1.82, 2.24) is 19.6 Å². The van der Waals surface area contributed by atoms with Gasteiger partial charge in [0.2, 0.25) is 0 Å². The van der Waals surface area contributed by atoms with Crippen LogP contribution in [0.25, 0.3) is 0 Å². The smallest absolute Gasteiger partial charge is 0.317 e. The Morgan fingerprint density at radius 3 is 1.79 bits per heavy atom. The van der Waals surface area contributed by atoms with Crippen molar-refractivity contribution in [2.45, 2.75) is 19.9 Å². The van der Waals surface area contributed by atoms with Gasteiger partial charge in [-0.25, -0.2) is 0 Å². The predicted molar refractivity (Wildman–Crippen MR) is 103 cm³/mol. The quantitative estimate of drug-likeness (QED) is 0.494. The molecule has 28 heavy (non-hydrogen) atoms. The molecule has 1 atom stereocenters. The van der Waals surface area contributed by atoms with Crippen LogP contribution in [0.4, 0.5) is 0 Å². The van der Waals surface area contributed by atoms with Crippen molar-refractivity contribution in [3.8, 4) is 0 Å². The lowest BCUT2D eigenvalue weighted by molar-refractivity contribution is -0.141. The first-order valence-corrected chi connectivity index (χ1v) is 9.61. The zero-order chi connectivity index (χ0) is 21.3. The van der Waals surface area contributed by atoms with Gasteiger partial charge >= 0.3 is 17.9 Å². The van der Waals surface area contributed by atoms with E-state index in [0.717, 1.165) is 0 Å². The summed E-state index contributed by atoms with van der Waals surface area (Å²) in [5.74, 6) is -2.63. The highest BCUT2D eigenvalue weighted by molar-refractivity contribution is 5.70. The number of carboxylic acid groups (broad SMARTS) is 3. The maximum absolute atomic E-state index is 11.4. The average Bonchev–Trinajstić information content (AvgIpc) is 2.56. The van der Waals surface area contributed by atoms with Gasteiger partial charge in [-0.3, -0.25) is 29.1 Å². The van der Waals surface area contributed by atoms with E-state index in [2.05, 4.69) is 4.90 Å². The molecule has 1 aliphatic rings. The van der Waals surface area contributed by atoms with E-state index in [1.54, 1.807) is 4.90 Å². The van der Waals surface area contributed by atoms with E-state index in [-0.39, 0.29) is 31.6 Å². The molecule has 162 valence electrons. The Hall–Kier alpha value is -1.75. The van der Waals surface area contributed by atoms with Gasteiger partial charge in [0.05, 0.1) is 19.6 Å². The predicted octanol–water partition coefficient (Wildman–Crippen LogP) is -0.884. The van der Waals surface area contributed by atoms with Crippen LogP contribution in [0.15, 0.2) is 0 Å². The molecule has 0 aromatic rings. The molecule has 1 saturated heterocycles. The van der Waals surface area contributed by atoms with E-state index in [0.29, 0.717) is 45.8 Å². The Labute approximate surface area is 166 Å². The lowest BCUT2D eigenvalue weighted by Crippen LogP contribution is -2.53. The first kappa shape index (κ1) is 24.3. The van der Waals surface area contributed by atoms with Crippen molar-refractivity contribution in [3.05, 3.63) is 0 Å². The highest BCUT2D eigenvalue weighted by Gasteiger charge is 2.28. The van der Waals surface area contributed by atoms with E-state index in [1.807, 2.05) is 30.7 Å². The van der Waals surface area contributed by atoms with Gasteiger partial charge in [0.1, 0.15) is 0 Å². The highest BCUT2D eigenvalue weighted by atomic mass is 16.4. The molecule has 10 heteroatoms. The summed E-state index contributed by atoms with van der Waals surface area (Å²) in [4.78, 5) is 41.4. The van der Waals surface area contributed by atoms with Crippen LogP contribution in [0.2, 0.25) is 0 Å². The third-order valence-electron chi connectivity index (χ3n) is 5.04. The number of rotatable bonds is 7. The van der Waals surface area contributed by atoms with Crippen LogP contribution in [0.3, 0.4) is 0 Å². The van der Waals surface area contributed by atoms with Crippen LogP contribution >= 0.6 is 0 Å². The maximum Gasteiger partial charge on any atom is 0.317 e. The fourth-order valence-electron chi connectivity index (χ4n) is 3.44. The number of carboxylic acids is 3. The van der Waals surface area contributed by atoms with Crippen LogP contribution < -0.4 is 0 Å². The molecule has 0 amide bonds. The van der Waals surface area contributed by atoms with Crippen LogP contribution in [-0.2, 0) is 14.4 Å². The summed E-state index contributed by atoms with van der Waals surface area (Å²) >= 11 is 0. The lowest BCUT2D eigenvalue weighted by atomic mass is 10.0. The Kier molecular flexibility index (Phi) is 10.4.